The number of esters is 3. The van der Waals surface area contributed by atoms with Gasteiger partial charge < -0.3 is 24.2 Å². The largest absolute Gasteiger partial charge is 0.472 e. The Morgan fingerprint density at radius 1 is 0.350 bits per heavy atom. The van der Waals surface area contributed by atoms with Crippen LogP contribution < -0.4 is 0 Å². The average Bonchev–Trinajstić information content (AvgIpc) is 3.45. The number of hydrogen-bond acceptors (Lipinski definition) is 10. The fraction of sp³-hybridized carbons (Fsp3) is 0.868. The molecule has 0 aromatic carbocycles. The van der Waals surface area contributed by atoms with E-state index in [-0.39, 0.29) is 25.9 Å². The molecular weight excluding hydrogens is 1020 g/mol. The minimum absolute atomic E-state index is 0.167. The molecule has 0 heterocycles. The smallest absolute Gasteiger partial charge is 0.462 e. The quantitative estimate of drug-likeness (QED) is 0.0197. The van der Waals surface area contributed by atoms with Gasteiger partial charge in [0.1, 0.15) is 12.7 Å². The summed E-state index contributed by atoms with van der Waals surface area (Å²) in [6, 6.07) is 0. The van der Waals surface area contributed by atoms with Crippen molar-refractivity contribution < 1.29 is 52.2 Å². The molecule has 0 spiro atoms. The molecule has 12 heteroatoms. The number of phosphoric acid groups is 1. The molecule has 0 aliphatic heterocycles. The Labute approximate surface area is 492 Å². The molecule has 2 N–H and O–H groups in total. The lowest BCUT2D eigenvalue weighted by Gasteiger charge is -2.21. The van der Waals surface area contributed by atoms with E-state index in [1.807, 2.05) is 0 Å². The molecule has 0 bridgehead atoms. The number of phosphoric ester groups is 1. The van der Waals surface area contributed by atoms with Crippen molar-refractivity contribution in [1.82, 2.24) is 0 Å². The van der Waals surface area contributed by atoms with E-state index in [4.69, 9.17) is 23.3 Å². The van der Waals surface area contributed by atoms with Crippen molar-refractivity contribution in [3.63, 3.8) is 0 Å². The molecule has 80 heavy (non-hydrogen) atoms. The Morgan fingerprint density at radius 2 is 0.613 bits per heavy atom. The zero-order valence-corrected chi connectivity index (χ0v) is 53.2. The lowest BCUT2D eigenvalue weighted by molar-refractivity contribution is -0.161. The summed E-state index contributed by atoms with van der Waals surface area (Å²) in [5.41, 5.74) is 0. The summed E-state index contributed by atoms with van der Waals surface area (Å²) in [4.78, 5) is 48.8. The minimum atomic E-state index is -4.75. The topological polar surface area (TPSA) is 155 Å². The molecule has 11 nitrogen and oxygen atoms in total. The van der Waals surface area contributed by atoms with Gasteiger partial charge in [-0.25, -0.2) is 4.57 Å². The van der Waals surface area contributed by atoms with E-state index < -0.39 is 57.8 Å². The SMILES string of the molecule is CCCCC/C=C\C/C=C\CCCCCCCCCCCC(=O)OC(COC(=O)CCCCCCCCCCCCCCCCC)COP(=O)(O)OCC(CO)OC(=O)CCCCCCCCCCC/C=C\CCCCCCCC. The molecule has 0 fully saturated rings. The summed E-state index contributed by atoms with van der Waals surface area (Å²) in [7, 11) is -4.75. The van der Waals surface area contributed by atoms with Crippen molar-refractivity contribution in [2.75, 3.05) is 26.4 Å². The number of carbonyl (C=O) groups excluding carboxylic acids is 3. The van der Waals surface area contributed by atoms with E-state index in [1.165, 1.54) is 212 Å². The third-order valence-electron chi connectivity index (χ3n) is 15.0. The first-order valence-electron chi connectivity index (χ1n) is 33.9. The van der Waals surface area contributed by atoms with Crippen LogP contribution in [0, 0.1) is 0 Å². The maximum Gasteiger partial charge on any atom is 0.472 e. The number of carbonyl (C=O) groups is 3. The highest BCUT2D eigenvalue weighted by Crippen LogP contribution is 2.43. The highest BCUT2D eigenvalue weighted by molar-refractivity contribution is 7.47. The first-order chi connectivity index (χ1) is 39.2. The zero-order chi connectivity index (χ0) is 58.3. The summed E-state index contributed by atoms with van der Waals surface area (Å²) < 4.78 is 39.8. The molecule has 470 valence electrons. The van der Waals surface area contributed by atoms with Crippen molar-refractivity contribution in [2.24, 2.45) is 0 Å². The maximum atomic E-state index is 13.0. The molecular formula is C68H127O11P. The van der Waals surface area contributed by atoms with Gasteiger partial charge in [0.05, 0.1) is 19.8 Å². The summed E-state index contributed by atoms with van der Waals surface area (Å²) in [6.45, 7) is 4.69. The van der Waals surface area contributed by atoms with Crippen molar-refractivity contribution in [1.29, 1.82) is 0 Å². The van der Waals surface area contributed by atoms with E-state index in [0.29, 0.717) is 19.3 Å². The van der Waals surface area contributed by atoms with Gasteiger partial charge in [0.25, 0.3) is 0 Å². The molecule has 0 aliphatic rings. The Kier molecular flexibility index (Phi) is 60.9. The van der Waals surface area contributed by atoms with Crippen LogP contribution in [0.3, 0.4) is 0 Å². The minimum Gasteiger partial charge on any atom is -0.462 e. The zero-order valence-electron chi connectivity index (χ0n) is 52.3. The van der Waals surface area contributed by atoms with E-state index in [1.54, 1.807) is 0 Å². The van der Waals surface area contributed by atoms with Crippen molar-refractivity contribution in [3.8, 4) is 0 Å². The predicted molar refractivity (Wildman–Crippen MR) is 335 cm³/mol. The van der Waals surface area contributed by atoms with Crippen LogP contribution in [0.5, 0.6) is 0 Å². The number of hydrogen-bond donors (Lipinski definition) is 2. The second-order valence-electron chi connectivity index (χ2n) is 23.0. The summed E-state index contributed by atoms with van der Waals surface area (Å²) in [6.07, 6.45) is 68.0. The summed E-state index contributed by atoms with van der Waals surface area (Å²) in [5, 5.41) is 9.87. The second kappa shape index (κ2) is 62.7. The van der Waals surface area contributed by atoms with Gasteiger partial charge >= 0.3 is 25.7 Å². The molecule has 0 aromatic heterocycles. The fourth-order valence-electron chi connectivity index (χ4n) is 9.86. The number of rotatable bonds is 64. The molecule has 0 radical (unpaired) electrons. The first-order valence-corrected chi connectivity index (χ1v) is 35.4. The highest BCUT2D eigenvalue weighted by atomic mass is 31.2. The molecule has 0 saturated heterocycles. The van der Waals surface area contributed by atoms with Gasteiger partial charge in [-0.2, -0.15) is 0 Å². The Morgan fingerprint density at radius 3 is 0.963 bits per heavy atom. The van der Waals surface area contributed by atoms with Crippen LogP contribution in [0.4, 0.5) is 0 Å². The van der Waals surface area contributed by atoms with Crippen LogP contribution in [-0.2, 0) is 42.2 Å². The van der Waals surface area contributed by atoms with E-state index in [2.05, 4.69) is 57.2 Å². The average molecular weight is 1150 g/mol. The molecule has 0 amide bonds. The second-order valence-corrected chi connectivity index (χ2v) is 24.4. The van der Waals surface area contributed by atoms with Crippen molar-refractivity contribution in [3.05, 3.63) is 36.5 Å². The lowest BCUT2D eigenvalue weighted by Crippen LogP contribution is -2.30. The first kappa shape index (κ1) is 77.7. The molecule has 3 atom stereocenters. The van der Waals surface area contributed by atoms with Gasteiger partial charge in [0.2, 0.25) is 0 Å². The third-order valence-corrected chi connectivity index (χ3v) is 16.0. The van der Waals surface area contributed by atoms with Crippen molar-refractivity contribution >= 4 is 25.7 Å². The fourth-order valence-corrected chi connectivity index (χ4v) is 10.6. The van der Waals surface area contributed by atoms with Gasteiger partial charge in [-0.05, 0) is 77.0 Å². The summed E-state index contributed by atoms with van der Waals surface area (Å²) in [5.74, 6) is -1.44. The molecule has 0 saturated carbocycles. The van der Waals surface area contributed by atoms with Gasteiger partial charge in [-0.3, -0.25) is 23.4 Å². The molecule has 3 unspecified atom stereocenters. The normalized spacial score (nSPS) is 13.4. The number of aliphatic hydroxyl groups excluding tert-OH is 1. The monoisotopic (exact) mass is 1150 g/mol. The van der Waals surface area contributed by atoms with Crippen LogP contribution in [-0.4, -0.2) is 66.5 Å². The Bertz CT molecular complexity index is 1480. The van der Waals surface area contributed by atoms with Gasteiger partial charge in [-0.15, -0.1) is 0 Å². The predicted octanol–water partition coefficient (Wildman–Crippen LogP) is 20.7. The van der Waals surface area contributed by atoms with Gasteiger partial charge in [-0.1, -0.05) is 282 Å². The lowest BCUT2D eigenvalue weighted by atomic mass is 10.0. The van der Waals surface area contributed by atoms with Gasteiger partial charge in [0, 0.05) is 19.3 Å². The van der Waals surface area contributed by atoms with Crippen LogP contribution >= 0.6 is 7.82 Å². The highest BCUT2D eigenvalue weighted by Gasteiger charge is 2.28. The third kappa shape index (κ3) is 60.3. The Hall–Kier alpha value is -2.30. The summed E-state index contributed by atoms with van der Waals surface area (Å²) >= 11 is 0. The van der Waals surface area contributed by atoms with E-state index >= 15 is 0 Å². The van der Waals surface area contributed by atoms with E-state index in [0.717, 1.165) is 70.6 Å². The van der Waals surface area contributed by atoms with Crippen LogP contribution in [0.15, 0.2) is 36.5 Å². The number of ether oxygens (including phenoxy) is 3. The Balaban J connectivity index is 4.63. The molecule has 0 aromatic rings. The van der Waals surface area contributed by atoms with E-state index in [9.17, 15) is 28.9 Å². The van der Waals surface area contributed by atoms with Crippen LogP contribution in [0.25, 0.3) is 0 Å². The maximum absolute atomic E-state index is 13.0. The molecule has 0 aliphatic carbocycles. The van der Waals surface area contributed by atoms with Crippen molar-refractivity contribution in [2.45, 2.75) is 354 Å². The van der Waals surface area contributed by atoms with Gasteiger partial charge in [0.15, 0.2) is 6.10 Å². The number of aliphatic hydroxyl groups is 1. The van der Waals surface area contributed by atoms with Crippen LogP contribution in [0.1, 0.15) is 342 Å². The number of allylic oxidation sites excluding steroid dienone is 6. The molecule has 0 rings (SSSR count). The number of unbranched alkanes of at least 4 members (excludes halogenated alkanes) is 41. The van der Waals surface area contributed by atoms with Crippen LogP contribution in [0.2, 0.25) is 0 Å². The standard InChI is InChI=1S/C68H127O11P/c1-4-7-10-13-16-19-22-25-28-30-32-34-37-40-43-46-49-52-55-58-67(71)78-64(60-69)62-76-80(73,74)77-63-65(61-75-66(70)57-54-51-48-45-42-39-36-27-24-21-18-15-12-9-6-3)79-68(72)59-56-53-50-47-44-41-38-35-33-31-29-26-23-20-17-14-11-8-5-2/h17,20,25-26,28-29,64-65,69H,4-16,18-19,21-24,27,30-63H2,1-3H3,(H,73,74)/b20-17-,28-25-,29-26-.